The molecule has 0 aliphatic heterocycles. The first-order valence-electron chi connectivity index (χ1n) is 8.07. The summed E-state index contributed by atoms with van der Waals surface area (Å²) in [5.74, 6) is -0.228. The van der Waals surface area contributed by atoms with Crippen LogP contribution in [-0.2, 0) is 22.4 Å². The first-order chi connectivity index (χ1) is 11.6. The van der Waals surface area contributed by atoms with Crippen LogP contribution in [0.15, 0.2) is 23.0 Å². The summed E-state index contributed by atoms with van der Waals surface area (Å²) in [6, 6.07) is 2.09. The van der Waals surface area contributed by atoms with Crippen molar-refractivity contribution < 1.29 is 14.3 Å². The van der Waals surface area contributed by atoms with Crippen LogP contribution in [0.3, 0.4) is 0 Å². The molecular weight excluding hydrogens is 328 g/mol. The zero-order chi connectivity index (χ0) is 17.4. The van der Waals surface area contributed by atoms with Gasteiger partial charge in [0.15, 0.2) is 12.0 Å². The molecule has 0 radical (unpaired) electrons. The number of amides is 1. The number of ether oxygens (including phenoxy) is 2. The Morgan fingerprint density at radius 3 is 2.75 bits per heavy atom. The minimum Gasteiger partial charge on any atom is -0.351 e. The lowest BCUT2D eigenvalue weighted by atomic mass is 10.1. The largest absolute Gasteiger partial charge is 0.351 e. The van der Waals surface area contributed by atoms with Crippen LogP contribution in [0.1, 0.15) is 36.8 Å². The van der Waals surface area contributed by atoms with E-state index < -0.39 is 6.29 Å². The molecule has 2 aromatic rings. The van der Waals surface area contributed by atoms with Crippen LogP contribution in [0.5, 0.6) is 0 Å². The monoisotopic (exact) mass is 352 g/mol. The van der Waals surface area contributed by atoms with Crippen molar-refractivity contribution in [2.75, 3.05) is 13.2 Å². The fraction of sp³-hybridized carbons (Fsp3) is 0.562. The highest BCUT2D eigenvalue weighted by atomic mass is 32.1. The second-order valence-corrected chi connectivity index (χ2v) is 6.16. The van der Waals surface area contributed by atoms with Gasteiger partial charge in [-0.2, -0.15) is 11.3 Å². The maximum atomic E-state index is 12.2. The second kappa shape index (κ2) is 9.51. The maximum absolute atomic E-state index is 12.2. The van der Waals surface area contributed by atoms with Gasteiger partial charge in [-0.15, -0.1) is 5.10 Å². The van der Waals surface area contributed by atoms with Crippen LogP contribution in [0.4, 0.5) is 0 Å². The van der Waals surface area contributed by atoms with E-state index in [1.807, 2.05) is 26.2 Å². The predicted molar refractivity (Wildman–Crippen MR) is 92.0 cm³/mol. The summed E-state index contributed by atoms with van der Waals surface area (Å²) >= 11 is 1.65. The van der Waals surface area contributed by atoms with E-state index in [1.165, 1.54) is 5.56 Å². The van der Waals surface area contributed by atoms with Crippen molar-refractivity contribution in [3.63, 3.8) is 0 Å². The summed E-state index contributed by atoms with van der Waals surface area (Å²) < 4.78 is 12.5. The van der Waals surface area contributed by atoms with Gasteiger partial charge in [0.1, 0.15) is 0 Å². The van der Waals surface area contributed by atoms with Gasteiger partial charge in [0, 0.05) is 19.3 Å². The van der Waals surface area contributed by atoms with E-state index in [0.29, 0.717) is 25.5 Å². The van der Waals surface area contributed by atoms with E-state index >= 15 is 0 Å². The average molecular weight is 352 g/mol. The molecule has 7 nitrogen and oxygen atoms in total. The van der Waals surface area contributed by atoms with Crippen molar-refractivity contribution >= 4 is 17.2 Å². The number of carbonyl (C=O) groups is 1. The van der Waals surface area contributed by atoms with Gasteiger partial charge in [0.2, 0.25) is 0 Å². The van der Waals surface area contributed by atoms with E-state index in [2.05, 4.69) is 27.1 Å². The van der Waals surface area contributed by atoms with E-state index in [-0.39, 0.29) is 11.9 Å². The zero-order valence-electron chi connectivity index (χ0n) is 14.3. The molecule has 0 aliphatic carbocycles. The lowest BCUT2D eigenvalue weighted by Crippen LogP contribution is -2.34. The molecule has 0 spiro atoms. The number of carbonyl (C=O) groups excluding carboxylic acids is 1. The molecule has 0 bridgehead atoms. The van der Waals surface area contributed by atoms with Gasteiger partial charge in [0.25, 0.3) is 5.91 Å². The van der Waals surface area contributed by atoms with Crippen molar-refractivity contribution in [2.45, 2.75) is 46.1 Å². The van der Waals surface area contributed by atoms with E-state index in [4.69, 9.17) is 9.47 Å². The van der Waals surface area contributed by atoms with Gasteiger partial charge in [-0.25, -0.2) is 4.68 Å². The van der Waals surface area contributed by atoms with Crippen LogP contribution >= 0.6 is 11.3 Å². The van der Waals surface area contributed by atoms with Crippen LogP contribution in [0, 0.1) is 0 Å². The quantitative estimate of drug-likeness (QED) is 0.663. The number of hydrogen-bond acceptors (Lipinski definition) is 6. The third-order valence-corrected chi connectivity index (χ3v) is 4.04. The molecule has 132 valence electrons. The van der Waals surface area contributed by atoms with Crippen LogP contribution in [-0.4, -0.2) is 46.4 Å². The summed E-state index contributed by atoms with van der Waals surface area (Å²) in [5.41, 5.74) is 1.51. The first kappa shape index (κ1) is 18.6. The second-order valence-electron chi connectivity index (χ2n) is 5.38. The van der Waals surface area contributed by atoms with Gasteiger partial charge in [-0.3, -0.25) is 4.79 Å². The van der Waals surface area contributed by atoms with Gasteiger partial charge in [0.05, 0.1) is 12.7 Å². The molecular formula is C16H24N4O3S. The Balaban J connectivity index is 1.87. The summed E-state index contributed by atoms with van der Waals surface area (Å²) in [6.45, 7) is 7.27. The topological polar surface area (TPSA) is 78.3 Å². The van der Waals surface area contributed by atoms with Crippen LogP contribution in [0.2, 0.25) is 0 Å². The van der Waals surface area contributed by atoms with Gasteiger partial charge in [-0.05, 0) is 49.6 Å². The van der Waals surface area contributed by atoms with Crippen molar-refractivity contribution in [3.8, 4) is 0 Å². The molecule has 2 heterocycles. The number of aromatic nitrogens is 3. The SMILES string of the molecule is CCOC(Cn1cc(C(=O)N[C@H](C)Cc2ccsc2)nn1)OCC. The Kier molecular flexibility index (Phi) is 7.36. The Labute approximate surface area is 146 Å². The Bertz CT molecular complexity index is 609. The highest BCUT2D eigenvalue weighted by molar-refractivity contribution is 7.07. The van der Waals surface area contributed by atoms with Crippen LogP contribution in [0.25, 0.3) is 0 Å². The lowest BCUT2D eigenvalue weighted by Gasteiger charge is -2.16. The molecule has 2 aromatic heterocycles. The van der Waals surface area contributed by atoms with E-state index in [0.717, 1.165) is 6.42 Å². The van der Waals surface area contributed by atoms with Gasteiger partial charge >= 0.3 is 0 Å². The van der Waals surface area contributed by atoms with Crippen molar-refractivity contribution in [2.24, 2.45) is 0 Å². The first-order valence-corrected chi connectivity index (χ1v) is 9.01. The fourth-order valence-electron chi connectivity index (χ4n) is 2.28. The number of nitrogens with one attached hydrogen (secondary N) is 1. The summed E-state index contributed by atoms with van der Waals surface area (Å²) in [7, 11) is 0. The molecule has 8 heteroatoms. The zero-order valence-corrected chi connectivity index (χ0v) is 15.1. The normalized spacial score (nSPS) is 12.5. The summed E-state index contributed by atoms with van der Waals surface area (Å²) in [6.07, 6.45) is 2.01. The lowest BCUT2D eigenvalue weighted by molar-refractivity contribution is -0.145. The molecule has 0 aliphatic rings. The molecule has 24 heavy (non-hydrogen) atoms. The summed E-state index contributed by atoms with van der Waals surface area (Å²) in [4.78, 5) is 12.2. The molecule has 0 saturated heterocycles. The number of nitrogens with zero attached hydrogens (tertiary/aromatic N) is 3. The van der Waals surface area contributed by atoms with Gasteiger partial charge in [-0.1, -0.05) is 5.21 Å². The number of rotatable bonds is 10. The van der Waals surface area contributed by atoms with Crippen molar-refractivity contribution in [1.82, 2.24) is 20.3 Å². The molecule has 1 atom stereocenters. The standard InChI is InChI=1S/C16H24N4O3S/c1-4-22-15(23-5-2)10-20-9-14(18-19-20)16(21)17-12(3)8-13-6-7-24-11-13/h6-7,9,11-12,15H,4-5,8,10H2,1-3H3,(H,17,21)/t12-/m1/s1. The third kappa shape index (κ3) is 5.70. The molecule has 1 amide bonds. The minimum atomic E-state index is -0.393. The maximum Gasteiger partial charge on any atom is 0.273 e. The fourth-order valence-corrected chi connectivity index (χ4v) is 2.96. The Morgan fingerprint density at radius 1 is 1.38 bits per heavy atom. The number of hydrogen-bond donors (Lipinski definition) is 1. The van der Waals surface area contributed by atoms with Gasteiger partial charge < -0.3 is 14.8 Å². The number of thiophene rings is 1. The third-order valence-electron chi connectivity index (χ3n) is 3.31. The minimum absolute atomic E-state index is 0.0249. The molecule has 2 rings (SSSR count). The van der Waals surface area contributed by atoms with E-state index in [1.54, 1.807) is 22.2 Å². The Hall–Kier alpha value is -1.77. The highest BCUT2D eigenvalue weighted by Crippen LogP contribution is 2.09. The predicted octanol–water partition coefficient (Wildman–Crippen LogP) is 2.10. The molecule has 1 N–H and O–H groups in total. The average Bonchev–Trinajstić information content (AvgIpc) is 3.19. The van der Waals surface area contributed by atoms with Crippen molar-refractivity contribution in [1.29, 1.82) is 0 Å². The van der Waals surface area contributed by atoms with Crippen molar-refractivity contribution in [3.05, 3.63) is 34.3 Å². The smallest absolute Gasteiger partial charge is 0.273 e. The molecule has 0 unspecified atom stereocenters. The highest BCUT2D eigenvalue weighted by Gasteiger charge is 2.16. The molecule has 0 saturated carbocycles. The molecule has 0 fully saturated rings. The summed E-state index contributed by atoms with van der Waals surface area (Å²) in [5, 5.41) is 15.0. The van der Waals surface area contributed by atoms with Crippen LogP contribution < -0.4 is 5.32 Å². The van der Waals surface area contributed by atoms with E-state index in [9.17, 15) is 4.79 Å². The molecule has 0 aromatic carbocycles. The Morgan fingerprint density at radius 2 is 2.12 bits per heavy atom.